The molecule has 0 atom stereocenters. The van der Waals surface area contributed by atoms with Crippen LogP contribution in [0.15, 0.2) is 54.0 Å². The number of nitrogens with zero attached hydrogens (tertiary/aromatic N) is 2. The second kappa shape index (κ2) is 6.14. The lowest BCUT2D eigenvalue weighted by atomic mass is 10.1. The van der Waals surface area contributed by atoms with Crippen LogP contribution < -0.4 is 5.32 Å². The zero-order valence-electron chi connectivity index (χ0n) is 11.6. The lowest BCUT2D eigenvalue weighted by molar-refractivity contribution is 0.817. The topological polar surface area (TPSA) is 37.8 Å². The van der Waals surface area contributed by atoms with Crippen LogP contribution in [0.4, 0.5) is 0 Å². The van der Waals surface area contributed by atoms with Gasteiger partial charge in [0, 0.05) is 24.6 Å². The molecule has 0 aliphatic rings. The lowest BCUT2D eigenvalue weighted by Crippen LogP contribution is -2.13. The predicted molar refractivity (Wildman–Crippen MR) is 79.6 cm³/mol. The summed E-state index contributed by atoms with van der Waals surface area (Å²) in [5, 5.41) is 3.45. The number of benzene rings is 1. The van der Waals surface area contributed by atoms with Gasteiger partial charge < -0.3 is 5.32 Å². The van der Waals surface area contributed by atoms with Gasteiger partial charge in [-0.2, -0.15) is 0 Å². The molecule has 0 spiro atoms. The zero-order chi connectivity index (χ0) is 13.7. The van der Waals surface area contributed by atoms with Crippen molar-refractivity contribution in [2.75, 3.05) is 0 Å². The molecule has 2 rings (SSSR count). The summed E-state index contributed by atoms with van der Waals surface area (Å²) in [6.07, 6.45) is 7.64. The summed E-state index contributed by atoms with van der Waals surface area (Å²) < 4.78 is 0. The summed E-state index contributed by atoms with van der Waals surface area (Å²) in [5.74, 6) is 0. The molecular formula is C16H19N3. The highest BCUT2D eigenvalue weighted by molar-refractivity contribution is 5.74. The Bertz CT molecular complexity index is 627. The molecule has 1 aromatic heterocycles. The van der Waals surface area contributed by atoms with Crippen molar-refractivity contribution in [2.45, 2.75) is 27.3 Å². The van der Waals surface area contributed by atoms with Crippen LogP contribution in [-0.4, -0.2) is 9.97 Å². The van der Waals surface area contributed by atoms with Crippen LogP contribution >= 0.6 is 0 Å². The summed E-state index contributed by atoms with van der Waals surface area (Å²) in [7, 11) is 0. The van der Waals surface area contributed by atoms with E-state index >= 15 is 0 Å². The highest BCUT2D eigenvalue weighted by Crippen LogP contribution is 2.12. The van der Waals surface area contributed by atoms with Gasteiger partial charge in [-0.1, -0.05) is 18.2 Å². The van der Waals surface area contributed by atoms with Gasteiger partial charge in [0.15, 0.2) is 0 Å². The number of rotatable bonds is 4. The van der Waals surface area contributed by atoms with E-state index in [9.17, 15) is 0 Å². The molecule has 1 heterocycles. The molecule has 1 aromatic carbocycles. The normalized spacial score (nSPS) is 12.8. The third-order valence-corrected chi connectivity index (χ3v) is 3.16. The van der Waals surface area contributed by atoms with Crippen LogP contribution in [0, 0.1) is 0 Å². The van der Waals surface area contributed by atoms with Crippen LogP contribution in [0.3, 0.4) is 0 Å². The standard InChI is InChI=1S/C16H19N3/c1-4-12(3)14(5-2)19-11-13-6-7-15-16(10-13)18-9-8-17-15/h4-10,19H,11H2,1-3H3/b12-4-,14-5+. The number of aromatic nitrogens is 2. The largest absolute Gasteiger partial charge is 0.381 e. The Morgan fingerprint density at radius 1 is 1.11 bits per heavy atom. The third-order valence-electron chi connectivity index (χ3n) is 3.16. The van der Waals surface area contributed by atoms with Crippen molar-refractivity contribution in [3.05, 3.63) is 59.6 Å². The van der Waals surface area contributed by atoms with Crippen LogP contribution in [0.25, 0.3) is 11.0 Å². The van der Waals surface area contributed by atoms with Gasteiger partial charge in [0.05, 0.1) is 11.0 Å². The average Bonchev–Trinajstić information content (AvgIpc) is 2.47. The molecular weight excluding hydrogens is 234 g/mol. The molecule has 1 N–H and O–H groups in total. The van der Waals surface area contributed by atoms with E-state index in [1.807, 2.05) is 19.9 Å². The SMILES string of the molecule is C/C=C(C)\C(=C/C)NCc1ccc2nccnc2c1. The minimum absolute atomic E-state index is 0.789. The van der Waals surface area contributed by atoms with E-state index in [0.29, 0.717) is 0 Å². The quantitative estimate of drug-likeness (QED) is 0.846. The molecule has 0 radical (unpaired) electrons. The summed E-state index contributed by atoms with van der Waals surface area (Å²) in [5.41, 5.74) is 5.50. The number of fused-ring (bicyclic) bond motifs is 1. The fraction of sp³-hybridized carbons (Fsp3) is 0.250. The van der Waals surface area contributed by atoms with E-state index in [2.05, 4.69) is 46.5 Å². The minimum Gasteiger partial charge on any atom is -0.381 e. The molecule has 98 valence electrons. The van der Waals surface area contributed by atoms with Crippen LogP contribution in [0.1, 0.15) is 26.3 Å². The summed E-state index contributed by atoms with van der Waals surface area (Å²) in [6.45, 7) is 6.99. The fourth-order valence-corrected chi connectivity index (χ4v) is 1.94. The van der Waals surface area contributed by atoms with Crippen molar-refractivity contribution in [1.82, 2.24) is 15.3 Å². The maximum atomic E-state index is 4.32. The van der Waals surface area contributed by atoms with Gasteiger partial charge in [-0.25, -0.2) is 0 Å². The molecule has 0 bridgehead atoms. The van der Waals surface area contributed by atoms with Crippen molar-refractivity contribution in [3.63, 3.8) is 0 Å². The molecule has 3 heteroatoms. The summed E-state index contributed by atoms with van der Waals surface area (Å²) in [4.78, 5) is 8.60. The van der Waals surface area contributed by atoms with Gasteiger partial charge in [-0.3, -0.25) is 9.97 Å². The molecule has 3 nitrogen and oxygen atoms in total. The Balaban J connectivity index is 2.14. The number of allylic oxidation sites excluding steroid dienone is 3. The van der Waals surface area contributed by atoms with Crippen LogP contribution in [0.2, 0.25) is 0 Å². The van der Waals surface area contributed by atoms with Gasteiger partial charge in [-0.05, 0) is 44.0 Å². The zero-order valence-corrected chi connectivity index (χ0v) is 11.6. The van der Waals surface area contributed by atoms with Gasteiger partial charge in [0.2, 0.25) is 0 Å². The average molecular weight is 253 g/mol. The molecule has 0 saturated carbocycles. The minimum atomic E-state index is 0.789. The smallest absolute Gasteiger partial charge is 0.0890 e. The second-order valence-electron chi connectivity index (χ2n) is 4.41. The molecule has 0 fully saturated rings. The van der Waals surface area contributed by atoms with Gasteiger partial charge in [-0.15, -0.1) is 0 Å². The van der Waals surface area contributed by atoms with E-state index in [0.717, 1.165) is 17.6 Å². The van der Waals surface area contributed by atoms with E-state index in [1.165, 1.54) is 16.8 Å². The van der Waals surface area contributed by atoms with E-state index in [-0.39, 0.29) is 0 Å². The first kappa shape index (κ1) is 13.3. The number of hydrogen-bond acceptors (Lipinski definition) is 3. The molecule has 0 saturated heterocycles. The first-order chi connectivity index (χ1) is 9.24. The first-order valence-corrected chi connectivity index (χ1v) is 6.47. The molecule has 0 amide bonds. The molecule has 2 aromatic rings. The molecule has 0 aliphatic carbocycles. The summed E-state index contributed by atoms with van der Waals surface area (Å²) in [6, 6.07) is 6.17. The highest BCUT2D eigenvalue weighted by Gasteiger charge is 2.00. The van der Waals surface area contributed by atoms with Gasteiger partial charge in [0.1, 0.15) is 0 Å². The van der Waals surface area contributed by atoms with Gasteiger partial charge in [0.25, 0.3) is 0 Å². The maximum Gasteiger partial charge on any atom is 0.0890 e. The molecule has 0 unspecified atom stereocenters. The van der Waals surface area contributed by atoms with Crippen LogP contribution in [-0.2, 0) is 6.54 Å². The Hall–Kier alpha value is -2.16. The second-order valence-corrected chi connectivity index (χ2v) is 4.41. The van der Waals surface area contributed by atoms with Crippen molar-refractivity contribution < 1.29 is 0 Å². The monoisotopic (exact) mass is 253 g/mol. The number of nitrogens with one attached hydrogen (secondary N) is 1. The van der Waals surface area contributed by atoms with Gasteiger partial charge >= 0.3 is 0 Å². The summed E-state index contributed by atoms with van der Waals surface area (Å²) >= 11 is 0. The Morgan fingerprint density at radius 2 is 1.84 bits per heavy atom. The predicted octanol–water partition coefficient (Wildman–Crippen LogP) is 3.59. The molecule has 0 aliphatic heterocycles. The Kier molecular flexibility index (Phi) is 4.29. The van der Waals surface area contributed by atoms with E-state index in [1.54, 1.807) is 12.4 Å². The Morgan fingerprint density at radius 3 is 2.53 bits per heavy atom. The van der Waals surface area contributed by atoms with Crippen molar-refractivity contribution in [2.24, 2.45) is 0 Å². The van der Waals surface area contributed by atoms with Crippen LogP contribution in [0.5, 0.6) is 0 Å². The van der Waals surface area contributed by atoms with Crippen molar-refractivity contribution >= 4 is 11.0 Å². The Labute approximate surface area is 114 Å². The van der Waals surface area contributed by atoms with E-state index in [4.69, 9.17) is 0 Å². The highest BCUT2D eigenvalue weighted by atomic mass is 14.9. The van der Waals surface area contributed by atoms with Crippen molar-refractivity contribution in [1.29, 1.82) is 0 Å². The number of hydrogen-bond donors (Lipinski definition) is 1. The molecule has 19 heavy (non-hydrogen) atoms. The fourth-order valence-electron chi connectivity index (χ4n) is 1.94. The first-order valence-electron chi connectivity index (χ1n) is 6.47. The van der Waals surface area contributed by atoms with E-state index < -0.39 is 0 Å². The lowest BCUT2D eigenvalue weighted by Gasteiger charge is -2.11. The van der Waals surface area contributed by atoms with Crippen molar-refractivity contribution in [3.8, 4) is 0 Å². The third kappa shape index (κ3) is 3.19. The maximum absolute atomic E-state index is 4.32.